The molecule has 116 valence electrons. The molecule has 0 bridgehead atoms. The number of halogens is 2. The molecule has 1 amide bonds. The first kappa shape index (κ1) is 14.8. The van der Waals surface area contributed by atoms with Gasteiger partial charge in [-0.25, -0.2) is 8.78 Å². The van der Waals surface area contributed by atoms with Gasteiger partial charge in [-0.2, -0.15) is 0 Å². The molecule has 3 rings (SSSR count). The fraction of sp³-hybridized carbons (Fsp3) is 0.0625. The second kappa shape index (κ2) is 6.35. The van der Waals surface area contributed by atoms with Crippen LogP contribution in [0.3, 0.4) is 0 Å². The van der Waals surface area contributed by atoms with Crippen molar-refractivity contribution in [1.82, 2.24) is 15.5 Å². The number of carbonyl (C=O) groups is 1. The van der Waals surface area contributed by atoms with Crippen LogP contribution in [0.1, 0.15) is 16.1 Å². The first-order valence-corrected chi connectivity index (χ1v) is 6.73. The predicted octanol–water partition coefficient (Wildman–Crippen LogP) is 2.94. The number of aromatic nitrogens is 2. The zero-order valence-electron chi connectivity index (χ0n) is 11.8. The van der Waals surface area contributed by atoms with Crippen LogP contribution in [-0.4, -0.2) is 16.0 Å². The SMILES string of the molecule is O=C(NCc1ccccn1)c1cnoc1-c1ccc(F)c(F)c1. The molecule has 0 spiro atoms. The lowest BCUT2D eigenvalue weighted by Crippen LogP contribution is -2.23. The highest BCUT2D eigenvalue weighted by Gasteiger charge is 2.19. The second-order valence-corrected chi connectivity index (χ2v) is 4.70. The van der Waals surface area contributed by atoms with E-state index in [2.05, 4.69) is 15.5 Å². The molecule has 0 saturated carbocycles. The van der Waals surface area contributed by atoms with Crippen LogP contribution in [0.4, 0.5) is 8.78 Å². The van der Waals surface area contributed by atoms with E-state index in [1.54, 1.807) is 24.4 Å². The van der Waals surface area contributed by atoms with Crippen molar-refractivity contribution in [3.05, 3.63) is 71.7 Å². The summed E-state index contributed by atoms with van der Waals surface area (Å²) < 4.78 is 31.3. The van der Waals surface area contributed by atoms with Gasteiger partial charge in [0.2, 0.25) is 0 Å². The highest BCUT2D eigenvalue weighted by atomic mass is 19.2. The van der Waals surface area contributed by atoms with Gasteiger partial charge in [-0.05, 0) is 30.3 Å². The maximum atomic E-state index is 13.3. The summed E-state index contributed by atoms with van der Waals surface area (Å²) in [5.74, 6) is -2.38. The number of nitrogens with one attached hydrogen (secondary N) is 1. The highest BCUT2D eigenvalue weighted by Crippen LogP contribution is 2.25. The average molecular weight is 315 g/mol. The Bertz CT molecular complexity index is 834. The molecule has 0 unspecified atom stereocenters. The molecule has 0 aliphatic rings. The van der Waals surface area contributed by atoms with Crippen molar-refractivity contribution in [3.63, 3.8) is 0 Å². The lowest BCUT2D eigenvalue weighted by molar-refractivity contribution is 0.0950. The normalized spacial score (nSPS) is 10.5. The van der Waals surface area contributed by atoms with E-state index in [1.807, 2.05) is 0 Å². The number of pyridine rings is 1. The molecule has 0 aliphatic carbocycles. The second-order valence-electron chi connectivity index (χ2n) is 4.70. The molecule has 7 heteroatoms. The molecule has 23 heavy (non-hydrogen) atoms. The molecule has 2 heterocycles. The van der Waals surface area contributed by atoms with Crippen LogP contribution in [0.5, 0.6) is 0 Å². The minimum Gasteiger partial charge on any atom is -0.355 e. The van der Waals surface area contributed by atoms with E-state index in [1.165, 1.54) is 12.3 Å². The van der Waals surface area contributed by atoms with Gasteiger partial charge in [0.05, 0.1) is 18.4 Å². The Balaban J connectivity index is 1.80. The van der Waals surface area contributed by atoms with Crippen molar-refractivity contribution in [2.24, 2.45) is 0 Å². The summed E-state index contributed by atoms with van der Waals surface area (Å²) in [6.45, 7) is 0.224. The fourth-order valence-electron chi connectivity index (χ4n) is 2.02. The lowest BCUT2D eigenvalue weighted by atomic mass is 10.1. The van der Waals surface area contributed by atoms with E-state index in [0.717, 1.165) is 12.1 Å². The van der Waals surface area contributed by atoms with E-state index in [9.17, 15) is 13.6 Å². The van der Waals surface area contributed by atoms with E-state index in [-0.39, 0.29) is 23.4 Å². The van der Waals surface area contributed by atoms with Crippen LogP contribution in [0.2, 0.25) is 0 Å². The third-order valence-electron chi connectivity index (χ3n) is 3.15. The molecule has 0 atom stereocenters. The molecule has 0 aliphatic heterocycles. The van der Waals surface area contributed by atoms with Gasteiger partial charge in [-0.3, -0.25) is 9.78 Å². The number of hydrogen-bond donors (Lipinski definition) is 1. The van der Waals surface area contributed by atoms with Crippen molar-refractivity contribution in [2.75, 3.05) is 0 Å². The van der Waals surface area contributed by atoms with Crippen LogP contribution in [-0.2, 0) is 6.54 Å². The lowest BCUT2D eigenvalue weighted by Gasteiger charge is -2.04. The summed E-state index contributed by atoms with van der Waals surface area (Å²) in [4.78, 5) is 16.3. The number of nitrogens with zero attached hydrogens (tertiary/aromatic N) is 2. The molecule has 3 aromatic rings. The zero-order valence-corrected chi connectivity index (χ0v) is 11.8. The van der Waals surface area contributed by atoms with Gasteiger partial charge in [-0.1, -0.05) is 11.2 Å². The van der Waals surface area contributed by atoms with E-state index in [0.29, 0.717) is 5.69 Å². The Morgan fingerprint density at radius 1 is 1.17 bits per heavy atom. The van der Waals surface area contributed by atoms with Gasteiger partial charge in [-0.15, -0.1) is 0 Å². The molecular formula is C16H11F2N3O2. The number of rotatable bonds is 4. The van der Waals surface area contributed by atoms with Crippen LogP contribution < -0.4 is 5.32 Å². The molecule has 1 aromatic carbocycles. The first-order chi connectivity index (χ1) is 11.1. The van der Waals surface area contributed by atoms with Gasteiger partial charge in [0, 0.05) is 11.8 Å². The summed E-state index contributed by atoms with van der Waals surface area (Å²) >= 11 is 0. The first-order valence-electron chi connectivity index (χ1n) is 6.73. The summed E-state index contributed by atoms with van der Waals surface area (Å²) in [7, 11) is 0. The van der Waals surface area contributed by atoms with Crippen LogP contribution in [0, 0.1) is 11.6 Å². The highest BCUT2D eigenvalue weighted by molar-refractivity contribution is 5.99. The topological polar surface area (TPSA) is 68.0 Å². The Morgan fingerprint density at radius 3 is 2.78 bits per heavy atom. The third kappa shape index (κ3) is 3.23. The van der Waals surface area contributed by atoms with E-state index < -0.39 is 17.5 Å². The largest absolute Gasteiger partial charge is 0.355 e. The number of hydrogen-bond acceptors (Lipinski definition) is 4. The van der Waals surface area contributed by atoms with Gasteiger partial charge in [0.25, 0.3) is 5.91 Å². The van der Waals surface area contributed by atoms with Gasteiger partial charge in [0.15, 0.2) is 17.4 Å². The Hall–Kier alpha value is -3.09. The van der Waals surface area contributed by atoms with Gasteiger partial charge < -0.3 is 9.84 Å². The number of amides is 1. The number of benzene rings is 1. The van der Waals surface area contributed by atoms with Crippen molar-refractivity contribution >= 4 is 5.91 Å². The fourth-order valence-corrected chi connectivity index (χ4v) is 2.02. The van der Waals surface area contributed by atoms with Crippen LogP contribution in [0.25, 0.3) is 11.3 Å². The standard InChI is InChI=1S/C16H11F2N3O2/c17-13-5-4-10(7-14(13)18)15-12(9-21-23-15)16(22)20-8-11-3-1-2-6-19-11/h1-7,9H,8H2,(H,20,22). The van der Waals surface area contributed by atoms with Crippen molar-refractivity contribution in [1.29, 1.82) is 0 Å². The minimum atomic E-state index is -1.03. The monoisotopic (exact) mass is 315 g/mol. The molecule has 5 nitrogen and oxygen atoms in total. The average Bonchev–Trinajstić information content (AvgIpc) is 3.06. The van der Waals surface area contributed by atoms with Crippen LogP contribution in [0.15, 0.2) is 53.3 Å². The van der Waals surface area contributed by atoms with Crippen molar-refractivity contribution < 1.29 is 18.1 Å². The molecule has 1 N–H and O–H groups in total. The molecular weight excluding hydrogens is 304 g/mol. The Kier molecular flexibility index (Phi) is 4.09. The van der Waals surface area contributed by atoms with Crippen molar-refractivity contribution in [3.8, 4) is 11.3 Å². The molecule has 0 fully saturated rings. The number of carbonyl (C=O) groups excluding carboxylic acids is 1. The maximum absolute atomic E-state index is 13.3. The molecule has 0 saturated heterocycles. The maximum Gasteiger partial charge on any atom is 0.257 e. The van der Waals surface area contributed by atoms with E-state index >= 15 is 0 Å². The summed E-state index contributed by atoms with van der Waals surface area (Å²) in [6, 6.07) is 8.57. The predicted molar refractivity (Wildman–Crippen MR) is 77.3 cm³/mol. The Morgan fingerprint density at radius 2 is 2.04 bits per heavy atom. The van der Waals surface area contributed by atoms with Gasteiger partial charge in [0.1, 0.15) is 5.56 Å². The summed E-state index contributed by atoms with van der Waals surface area (Å²) in [5.41, 5.74) is 1.04. The minimum absolute atomic E-state index is 0.0717. The quantitative estimate of drug-likeness (QED) is 0.804. The van der Waals surface area contributed by atoms with Crippen molar-refractivity contribution in [2.45, 2.75) is 6.54 Å². The Labute approximate surface area is 130 Å². The zero-order chi connectivity index (χ0) is 16.2. The van der Waals surface area contributed by atoms with E-state index in [4.69, 9.17) is 4.52 Å². The smallest absolute Gasteiger partial charge is 0.257 e. The van der Waals surface area contributed by atoms with Crippen LogP contribution >= 0.6 is 0 Å². The summed E-state index contributed by atoms with van der Waals surface area (Å²) in [5, 5.41) is 6.23. The summed E-state index contributed by atoms with van der Waals surface area (Å²) in [6.07, 6.45) is 2.85. The third-order valence-corrected chi connectivity index (χ3v) is 3.15. The molecule has 2 aromatic heterocycles. The van der Waals surface area contributed by atoms with Gasteiger partial charge >= 0.3 is 0 Å². The molecule has 0 radical (unpaired) electrons.